The maximum Gasteiger partial charge on any atom is 0.426 e. The van der Waals surface area contributed by atoms with E-state index in [-0.39, 0.29) is 70.3 Å². The third kappa shape index (κ3) is 31.3. The molecule has 6 aromatic rings. The quantitative estimate of drug-likeness (QED) is 0.0329. The molecule has 8 rings (SSSR count). The average Bonchev–Trinajstić information content (AvgIpc) is 3.56. The molecule has 5 heterocycles. The van der Waals surface area contributed by atoms with Gasteiger partial charge in [-0.1, -0.05) is 148 Å². The summed E-state index contributed by atoms with van der Waals surface area (Å²) in [6.45, 7) is 20.7. The Kier molecular flexibility index (Phi) is 44.1. The van der Waals surface area contributed by atoms with Crippen LogP contribution in [0, 0.1) is 21.8 Å². The molecule has 2 aliphatic heterocycles. The van der Waals surface area contributed by atoms with E-state index in [9.17, 15) is 9.59 Å². The topological polar surface area (TPSA) is 182 Å². The molecule has 0 spiro atoms. The van der Waals surface area contributed by atoms with Crippen LogP contribution in [0.25, 0.3) is 32.3 Å². The summed E-state index contributed by atoms with van der Waals surface area (Å²) in [7, 11) is -0.406. The summed E-state index contributed by atoms with van der Waals surface area (Å²) in [5.74, 6) is 1.60. The van der Waals surface area contributed by atoms with Crippen LogP contribution in [0.5, 0.6) is 0 Å². The zero-order valence-electron chi connectivity index (χ0n) is 39.3. The first kappa shape index (κ1) is 74.7. The Hall–Kier alpha value is 1.49. The molecule has 0 unspecified atom stereocenters. The van der Waals surface area contributed by atoms with E-state index in [0.717, 1.165) is 58.0 Å². The van der Waals surface area contributed by atoms with Gasteiger partial charge in [-0.3, -0.25) is 14.0 Å². The summed E-state index contributed by atoms with van der Waals surface area (Å²) < 4.78 is 23.0. The van der Waals surface area contributed by atoms with Crippen LogP contribution in [-0.4, -0.2) is 50.7 Å². The van der Waals surface area contributed by atoms with Gasteiger partial charge in [0.25, 0.3) is 0 Å². The number of fused-ring (bicyclic) bond motifs is 3. The molecular weight excluding hydrogens is 1830 g/mol. The number of aromatic nitrogens is 3. The maximum atomic E-state index is 10.5. The predicted octanol–water partition coefficient (Wildman–Crippen LogP) is 16.0. The van der Waals surface area contributed by atoms with Crippen LogP contribution in [0.4, 0.5) is 17.5 Å². The van der Waals surface area contributed by atoms with Crippen molar-refractivity contribution in [2.24, 2.45) is 0 Å². The van der Waals surface area contributed by atoms with Gasteiger partial charge < -0.3 is 60.4 Å². The Bertz CT molecular complexity index is 2290. The summed E-state index contributed by atoms with van der Waals surface area (Å²) in [4.78, 5) is 33.2. The van der Waals surface area contributed by atoms with E-state index in [1.165, 1.54) is 0 Å². The number of benzene rings is 3. The van der Waals surface area contributed by atoms with Crippen molar-refractivity contribution in [2.75, 3.05) is 17.2 Å². The Morgan fingerprint density at radius 2 is 1.03 bits per heavy atom. The first-order valence-electron chi connectivity index (χ1n) is 20.2. The van der Waals surface area contributed by atoms with Gasteiger partial charge in [-0.15, -0.1) is 0 Å². The van der Waals surface area contributed by atoms with Gasteiger partial charge in [-0.2, -0.15) is 13.8 Å². The fourth-order valence-corrected chi connectivity index (χ4v) is 7.28. The van der Waals surface area contributed by atoms with E-state index in [0.29, 0.717) is 29.7 Å². The number of pyridine rings is 3. The summed E-state index contributed by atoms with van der Waals surface area (Å²) in [6.07, 6.45) is 6.14. The molecule has 26 heteroatoms. The second-order valence-corrected chi connectivity index (χ2v) is 31.7. The van der Waals surface area contributed by atoms with Crippen molar-refractivity contribution in [2.45, 2.75) is 74.3 Å². The normalized spacial score (nSPS) is 12.2. The molecular formula is C43H53B3Br3I6N7O5V2-2. The van der Waals surface area contributed by atoms with Crippen LogP contribution in [0.15, 0.2) is 92.7 Å². The number of carbonyl (C=O) groups is 2. The minimum atomic E-state index is -0.135. The Balaban J connectivity index is -0.000000747. The van der Waals surface area contributed by atoms with E-state index in [1.807, 2.05) is 101 Å². The number of hydrogen-bond donors (Lipinski definition) is 3. The number of anilines is 3. The molecule has 2 radical (unpaired) electrons. The van der Waals surface area contributed by atoms with Gasteiger partial charge in [-0.25, -0.2) is 18.1 Å². The molecule has 3 aromatic carbocycles. The molecule has 0 atom stereocenters. The van der Waals surface area contributed by atoms with Gasteiger partial charge in [0.2, 0.25) is 11.8 Å². The molecule has 2 aliphatic rings. The fraction of sp³-hybridized carbons (Fsp3) is 0.279. The second-order valence-electron chi connectivity index (χ2n) is 13.0. The number of amides is 2. The summed E-state index contributed by atoms with van der Waals surface area (Å²) in [5.41, 5.74) is 18.0. The third-order valence-electron chi connectivity index (χ3n) is 7.81. The molecule has 2 amide bonds. The first-order valence-corrected chi connectivity index (χ1v) is 29.1. The van der Waals surface area contributed by atoms with Gasteiger partial charge in [0, 0.05) is 104 Å². The molecule has 374 valence electrons. The second kappa shape index (κ2) is 40.7. The van der Waals surface area contributed by atoms with Crippen LogP contribution in [0.2, 0.25) is 20.5 Å². The molecule has 3 aromatic heterocycles. The van der Waals surface area contributed by atoms with E-state index in [4.69, 9.17) is 30.9 Å². The number of nitrogens with zero attached hydrogens (tertiary/aromatic N) is 4. The predicted molar refractivity (Wildman–Crippen MR) is 349 cm³/mol. The number of rotatable bonds is 0. The molecule has 2 fully saturated rings. The molecule has 0 bridgehead atoms. The molecule has 69 heavy (non-hydrogen) atoms. The van der Waals surface area contributed by atoms with Crippen molar-refractivity contribution in [1.82, 2.24) is 18.1 Å². The van der Waals surface area contributed by atoms with Crippen molar-refractivity contribution in [3.05, 3.63) is 113 Å². The van der Waals surface area contributed by atoms with Crippen molar-refractivity contribution in [3.8, 4) is 0 Å². The van der Waals surface area contributed by atoms with Crippen LogP contribution in [0.3, 0.4) is 0 Å². The number of halogens is 9. The van der Waals surface area contributed by atoms with Gasteiger partial charge in [-0.05, 0) is 116 Å². The number of alkyl halides is 3. The summed E-state index contributed by atoms with van der Waals surface area (Å²) >= 11 is 23.4. The summed E-state index contributed by atoms with van der Waals surface area (Å²) in [6, 6.07) is 20.0. The van der Waals surface area contributed by atoms with Crippen LogP contribution in [0.1, 0.15) is 53.0 Å². The van der Waals surface area contributed by atoms with Crippen LogP contribution >= 0.6 is 184 Å². The largest absolute Gasteiger partial charge is 0.453 e. The van der Waals surface area contributed by atoms with Gasteiger partial charge in [0.15, 0.2) is 0 Å². The molecule has 12 nitrogen and oxygen atoms in total. The Morgan fingerprint density at radius 3 is 1.43 bits per heavy atom. The number of hydrogen-bond acceptors (Lipinski definition) is 11. The Labute approximate surface area is 541 Å². The van der Waals surface area contributed by atoms with E-state index < -0.39 is 0 Å². The zero-order chi connectivity index (χ0) is 51.6. The van der Waals surface area contributed by atoms with E-state index in [2.05, 4.69) is 202 Å². The minimum Gasteiger partial charge on any atom is -0.453 e. The molecule has 0 aliphatic carbocycles. The zero-order valence-corrected chi connectivity index (χ0v) is 59.8. The van der Waals surface area contributed by atoms with Gasteiger partial charge in [0.1, 0.15) is 16.9 Å². The van der Waals surface area contributed by atoms with Crippen molar-refractivity contribution < 1.29 is 60.4 Å². The summed E-state index contributed by atoms with van der Waals surface area (Å²) in [5, 5.41) is 6.74. The van der Waals surface area contributed by atoms with Gasteiger partial charge in [0.05, 0.1) is 26.4 Å². The van der Waals surface area contributed by atoms with Crippen molar-refractivity contribution >= 4 is 267 Å². The number of aryl methyl sites for hydroxylation is 1. The van der Waals surface area contributed by atoms with Crippen LogP contribution < -0.4 is 17.2 Å². The van der Waals surface area contributed by atoms with E-state index >= 15 is 0 Å². The molecule has 6 N–H and O–H groups in total. The maximum absolute atomic E-state index is 10.5. The van der Waals surface area contributed by atoms with Crippen molar-refractivity contribution in [3.63, 3.8) is 0 Å². The smallest absolute Gasteiger partial charge is 0.426 e. The average molecular weight is 1880 g/mol. The monoisotopic (exact) mass is 1880 g/mol. The number of nitrogen functional groups attached to an aromatic ring is 3. The SMILES string of the molecule is CB1OB(C)OB(C)O1.CC.CC(I)(I)I.C[CH-]I.Cc1c(N)ncc2ccc(Br)cc12.Nc1cc2cc(Br)ccc2cn1.Nc1ncc2ccc(Br)cc2c1I.O=C1CCC(=O)N1I.[CH2-]C.[V].[V]. The number of carbonyl (C=O) groups excluding carboxylic acids is 2. The molecule has 2 saturated heterocycles. The molecule has 0 saturated carbocycles. The first-order chi connectivity index (χ1) is 31.4. The number of imide groups is 1. The fourth-order valence-electron chi connectivity index (χ4n) is 5.09. The van der Waals surface area contributed by atoms with Crippen molar-refractivity contribution in [1.29, 1.82) is 0 Å². The Morgan fingerprint density at radius 1 is 0.681 bits per heavy atom. The van der Waals surface area contributed by atoms with Gasteiger partial charge >= 0.3 is 21.4 Å². The number of nitrogens with two attached hydrogens (primary N) is 3. The minimum absolute atomic E-state index is 0. The van der Waals surface area contributed by atoms with E-state index in [1.54, 1.807) is 48.4 Å². The third-order valence-corrected chi connectivity index (χ3v) is 11.5. The standard InChI is InChI=1S/C10H9BrN2.C9H6BrIN2.C9H7BrN2.C4H4INO2.C3H9B3O3.C2H3I3.C2H4I.C2H6.C2H5.2V/c1-6-9-4-8(11)3-2-7(9)5-13-10(6)12;10-6-2-1-5-4-13-9(12)8(11)7(5)3-6;10-8-2-1-6-5-12-9(11)4-7(6)3-8;5-6-3(7)1-2-4(6)8;1-4-7-5(2)9-6(3)8-4;1-2(3,4)5;1-2-3;2*1-2;;/h2-5H,1H3,(H2,12,13);1-4H,(H2,12,13);1-5H,(H2,11,12);1-2H2;1-3H3;1H3;2H,1H3;1-2H3;1H2,2H3;;/q;;;;;;-1;;-1;;. The van der Waals surface area contributed by atoms with Crippen LogP contribution in [-0.2, 0) is 60.4 Å².